The van der Waals surface area contributed by atoms with Gasteiger partial charge in [0.1, 0.15) is 0 Å². The summed E-state index contributed by atoms with van der Waals surface area (Å²) < 4.78 is 283. The number of hydrogen-bond donors (Lipinski definition) is 0. The molecule has 0 atom stereocenters. The molecule has 0 saturated carbocycles. The van der Waals surface area contributed by atoms with E-state index >= 15 is 0 Å². The lowest BCUT2D eigenvalue weighted by Gasteiger charge is -2.03. The SMILES string of the molecule is [2H]C([2H])([2H])C([2H])([2H])C([2H])([2H])C([2H])([2H])C([2H])([2H])C([2H])([2H])C([2H])([2H])C([2H])([2H])C([2H])([2H])C([2H])([2H])C([2H])([2H])C([2H])([2H])C([2H])([2H])C([2H])([2H])C([2H])([2H])C([2H])([2H])C([2H])([2H])C(=O)OC. The Balaban J connectivity index is 7.83. The van der Waals surface area contributed by atoms with E-state index in [1.807, 2.05) is 0 Å². The summed E-state index contributed by atoms with van der Waals surface area (Å²) in [5.41, 5.74) is 0. The lowest BCUT2D eigenvalue weighted by molar-refractivity contribution is -0.140. The molecule has 0 saturated heterocycles. The number of hydrogen-bond acceptors (Lipinski definition) is 2. The molecule has 0 heterocycles. The minimum absolute atomic E-state index is 0.470. The highest BCUT2D eigenvalue weighted by atomic mass is 16.5. The van der Waals surface area contributed by atoms with Crippen molar-refractivity contribution in [2.75, 3.05) is 7.11 Å². The zero-order valence-electron chi connectivity index (χ0n) is 45.8. The Kier molecular flexibility index (Phi) is 2.18. The molecule has 0 aliphatic carbocycles. The van der Waals surface area contributed by atoms with Crippen molar-refractivity contribution in [1.82, 2.24) is 0 Å². The highest BCUT2D eigenvalue weighted by Gasteiger charge is 1.99. The topological polar surface area (TPSA) is 26.3 Å². The largest absolute Gasteiger partial charge is 0.469 e. The van der Waals surface area contributed by atoms with Gasteiger partial charge in [0.05, 0.1) is 7.11 Å². The van der Waals surface area contributed by atoms with Gasteiger partial charge in [0.15, 0.2) is 0 Å². The first-order valence-electron chi connectivity index (χ1n) is 22.6. The summed E-state index contributed by atoms with van der Waals surface area (Å²) in [4.78, 5) is 12.0. The lowest BCUT2D eigenvalue weighted by atomic mass is 10.0. The van der Waals surface area contributed by atoms with Gasteiger partial charge < -0.3 is 4.74 Å². The van der Waals surface area contributed by atoms with Gasteiger partial charge in [-0.05, 0) is 6.37 Å². The van der Waals surface area contributed by atoms with Crippen LogP contribution < -0.4 is 0 Å². The maximum absolute atomic E-state index is 12.0. The van der Waals surface area contributed by atoms with Crippen LogP contribution in [0.2, 0.25) is 0 Å². The molecule has 0 unspecified atom stereocenters. The van der Waals surface area contributed by atoms with E-state index < -0.39 is 115 Å². The Morgan fingerprint density at radius 1 is 0.762 bits per heavy atom. The summed E-state index contributed by atoms with van der Waals surface area (Å²) in [6.07, 6.45) is -79.1. The Morgan fingerprint density at radius 3 is 1.52 bits per heavy atom. The van der Waals surface area contributed by atoms with Gasteiger partial charge in [-0.25, -0.2) is 0 Å². The average molecular weight is 334 g/mol. The van der Waals surface area contributed by atoms with E-state index in [4.69, 9.17) is 48.0 Å². The van der Waals surface area contributed by atoms with Crippen LogP contribution in [0.15, 0.2) is 0 Å². The van der Waals surface area contributed by atoms with Crippen molar-refractivity contribution in [2.24, 2.45) is 0 Å². The molecule has 126 valence electrons. The number of esters is 1. The third-order valence-electron chi connectivity index (χ3n) is 1.22. The fourth-order valence-electron chi connectivity index (χ4n) is 0.540. The predicted octanol–water partition coefficient (Wildman–Crippen LogP) is 6.42. The predicted molar refractivity (Wildman–Crippen MR) is 91.6 cm³/mol. The fraction of sp³-hybridized carbons (Fsp3) is 0.947. The van der Waals surface area contributed by atoms with Crippen LogP contribution >= 0.6 is 0 Å². The van der Waals surface area contributed by atoms with Crippen LogP contribution in [0.1, 0.15) is 157 Å². The number of carbonyl (C=O) groups is 1. The van der Waals surface area contributed by atoms with E-state index in [-0.39, 0.29) is 0 Å². The van der Waals surface area contributed by atoms with E-state index in [0.717, 1.165) is 0 Å². The maximum atomic E-state index is 12.0. The second-order valence-electron chi connectivity index (χ2n) is 2.49. The molecule has 0 aromatic carbocycles. The lowest BCUT2D eigenvalue weighted by Crippen LogP contribution is -1.99. The van der Waals surface area contributed by atoms with Crippen molar-refractivity contribution in [3.05, 3.63) is 0 Å². The summed E-state index contributed by atoms with van der Waals surface area (Å²) in [5, 5.41) is 0. The Morgan fingerprint density at radius 2 is 1.14 bits per heavy atom. The van der Waals surface area contributed by atoms with Gasteiger partial charge in [-0.2, -0.15) is 0 Å². The molecule has 0 fully saturated rings. The van der Waals surface area contributed by atoms with Crippen LogP contribution in [-0.2, 0) is 9.53 Å². The summed E-state index contributed by atoms with van der Waals surface area (Å²) >= 11 is 0. The van der Waals surface area contributed by atoms with Gasteiger partial charge in [0, 0.05) is 54.3 Å². The highest BCUT2D eigenvalue weighted by molar-refractivity contribution is 5.68. The van der Waals surface area contributed by atoms with Crippen molar-refractivity contribution >= 4 is 5.97 Å². The minimum atomic E-state index is -5.23. The summed E-state index contributed by atoms with van der Waals surface area (Å²) in [6, 6.07) is 0. The van der Waals surface area contributed by atoms with Gasteiger partial charge in [0.2, 0.25) is 0 Å². The van der Waals surface area contributed by atoms with E-state index in [2.05, 4.69) is 4.74 Å². The zero-order chi connectivity index (χ0) is 46.8. The Bertz CT molecular complexity index is 1460. The van der Waals surface area contributed by atoms with Gasteiger partial charge in [-0.1, -0.05) is 96.1 Å². The van der Waals surface area contributed by atoms with Gasteiger partial charge in [0.25, 0.3) is 0 Å². The normalized spacial score (nSPS) is 47.0. The zero-order valence-corrected chi connectivity index (χ0v) is 10.8. The van der Waals surface area contributed by atoms with Gasteiger partial charge in [-0.3, -0.25) is 4.79 Å². The molecule has 0 aromatic heterocycles. The summed E-state index contributed by atoms with van der Waals surface area (Å²) in [6.45, 7) is -4.14. The Labute approximate surface area is 182 Å². The molecule has 0 bridgehead atoms. The van der Waals surface area contributed by atoms with Crippen LogP contribution in [0.4, 0.5) is 0 Å². The van der Waals surface area contributed by atoms with Crippen LogP contribution in [-0.4, -0.2) is 13.1 Å². The number of rotatable bonds is 16. The van der Waals surface area contributed by atoms with Gasteiger partial charge in [-0.15, -0.1) is 0 Å². The monoisotopic (exact) mass is 334 g/mol. The van der Waals surface area contributed by atoms with Crippen LogP contribution in [0.3, 0.4) is 0 Å². The molecule has 0 rings (SSSR count). The molecule has 2 heteroatoms. The molecule has 0 radical (unpaired) electrons. The van der Waals surface area contributed by atoms with Crippen molar-refractivity contribution in [3.8, 4) is 0 Å². The van der Waals surface area contributed by atoms with Crippen LogP contribution in [0.25, 0.3) is 0 Å². The highest BCUT2D eigenvalue weighted by Crippen LogP contribution is 2.13. The molecule has 0 N–H and O–H groups in total. The smallest absolute Gasteiger partial charge is 0.305 e. The van der Waals surface area contributed by atoms with E-state index in [9.17, 15) is 4.79 Å². The average Bonchev–Trinajstić information content (AvgIpc) is 2.98. The number of ether oxygens (including phenoxy) is 1. The molecular weight excluding hydrogens is 260 g/mol. The molecule has 21 heavy (non-hydrogen) atoms. The number of carbonyl (C=O) groups excluding carboxylic acids is 1. The third kappa shape index (κ3) is 17.4. The van der Waals surface area contributed by atoms with E-state index in [0.29, 0.717) is 7.11 Å². The minimum Gasteiger partial charge on any atom is -0.469 e. The summed E-state index contributed by atoms with van der Waals surface area (Å²) in [5.74, 6) is -2.22. The second kappa shape index (κ2) is 17.5. The number of methoxy groups -OCH3 is 1. The van der Waals surface area contributed by atoms with Crippen molar-refractivity contribution in [3.63, 3.8) is 0 Å². The van der Waals surface area contributed by atoms with Crippen LogP contribution in [0, 0.1) is 0 Å². The first-order valence-corrected chi connectivity index (χ1v) is 5.07. The summed E-state index contributed by atoms with van der Waals surface area (Å²) in [7, 11) is 0.470. The molecular formula is C19H38O2. The maximum Gasteiger partial charge on any atom is 0.305 e. The quantitative estimate of drug-likeness (QED) is 0.305. The van der Waals surface area contributed by atoms with Crippen LogP contribution in [0.5, 0.6) is 0 Å². The first-order chi connectivity index (χ1) is 23.5. The van der Waals surface area contributed by atoms with E-state index in [1.165, 1.54) is 0 Å². The Hall–Kier alpha value is -0.530. The molecule has 0 aromatic rings. The molecule has 0 amide bonds. The standard InChI is InChI=1S/C19H38O2/c1-3-4-5-6-7-8-9-10-11-12-13-14-15-16-17-18-19(20)21-2/h3-18H2,1-2H3/i1D3,3D2,4D2,5D2,6D2,7D2,8D2,9D2,10D2,11D2,12D2,13D2,14D2,15D2,16D2,17D2,18D2. The van der Waals surface area contributed by atoms with Crippen molar-refractivity contribution in [2.45, 2.75) is 109 Å². The second-order valence-corrected chi connectivity index (χ2v) is 2.49. The molecule has 0 aliphatic rings. The third-order valence-corrected chi connectivity index (χ3v) is 1.22. The van der Waals surface area contributed by atoms with Crippen molar-refractivity contribution in [1.29, 1.82) is 0 Å². The van der Waals surface area contributed by atoms with Crippen molar-refractivity contribution < 1.29 is 57.5 Å². The molecule has 0 spiro atoms. The molecule has 2 nitrogen and oxygen atoms in total. The molecule has 0 aliphatic heterocycles. The first kappa shape index (κ1) is 2.62. The van der Waals surface area contributed by atoms with Gasteiger partial charge >= 0.3 is 5.97 Å². The fourth-order valence-corrected chi connectivity index (χ4v) is 0.540. The van der Waals surface area contributed by atoms with E-state index in [1.54, 1.807) is 0 Å².